The lowest BCUT2D eigenvalue weighted by Gasteiger charge is -2.30. The fourth-order valence-corrected chi connectivity index (χ4v) is 2.52. The Labute approximate surface area is 118 Å². The molecule has 19 heavy (non-hydrogen) atoms. The number of nitro groups is 1. The summed E-state index contributed by atoms with van der Waals surface area (Å²) in [7, 11) is 0. The molecule has 0 aromatic heterocycles. The molecular formula is C12H13BrN2O4. The van der Waals surface area contributed by atoms with Crippen molar-refractivity contribution in [1.82, 2.24) is 4.90 Å². The summed E-state index contributed by atoms with van der Waals surface area (Å²) in [5.74, 6) is -0.297. The minimum atomic E-state index is -0.533. The SMILES string of the molecule is O=C(c1cc([N+](=O)[O-])ccc1Br)N1CCC[C@H](O)C1. The summed E-state index contributed by atoms with van der Waals surface area (Å²) >= 11 is 3.23. The molecule has 1 heterocycles. The van der Waals surface area contributed by atoms with Crippen LogP contribution in [0.25, 0.3) is 0 Å². The third kappa shape index (κ3) is 3.10. The van der Waals surface area contributed by atoms with Gasteiger partial charge in [-0.05, 0) is 34.8 Å². The van der Waals surface area contributed by atoms with Crippen molar-refractivity contribution in [3.05, 3.63) is 38.3 Å². The van der Waals surface area contributed by atoms with E-state index in [1.165, 1.54) is 23.1 Å². The second-order valence-electron chi connectivity index (χ2n) is 4.47. The third-order valence-corrected chi connectivity index (χ3v) is 3.77. The number of carbonyl (C=O) groups is 1. The zero-order valence-corrected chi connectivity index (χ0v) is 11.7. The zero-order valence-electron chi connectivity index (χ0n) is 10.1. The van der Waals surface area contributed by atoms with E-state index in [9.17, 15) is 20.0 Å². The number of piperidine rings is 1. The van der Waals surface area contributed by atoms with Crippen molar-refractivity contribution in [3.63, 3.8) is 0 Å². The van der Waals surface area contributed by atoms with E-state index in [-0.39, 0.29) is 23.7 Å². The molecule has 0 spiro atoms. The molecule has 102 valence electrons. The molecule has 1 aliphatic heterocycles. The van der Waals surface area contributed by atoms with Gasteiger partial charge >= 0.3 is 0 Å². The molecule has 6 nitrogen and oxygen atoms in total. The molecule has 1 aliphatic rings. The normalized spacial score (nSPS) is 19.3. The van der Waals surface area contributed by atoms with Crippen LogP contribution in [0.2, 0.25) is 0 Å². The molecule has 1 saturated heterocycles. The number of amides is 1. The Balaban J connectivity index is 2.27. The fourth-order valence-electron chi connectivity index (χ4n) is 2.10. The predicted octanol–water partition coefficient (Wildman–Crippen LogP) is 1.95. The average molecular weight is 329 g/mol. The van der Waals surface area contributed by atoms with Crippen LogP contribution in [-0.4, -0.2) is 40.0 Å². The monoisotopic (exact) mass is 328 g/mol. The quantitative estimate of drug-likeness (QED) is 0.664. The molecule has 1 aromatic rings. The number of nitrogens with zero attached hydrogens (tertiary/aromatic N) is 2. The molecule has 1 amide bonds. The van der Waals surface area contributed by atoms with Crippen LogP contribution in [0.1, 0.15) is 23.2 Å². The van der Waals surface area contributed by atoms with Crippen molar-refractivity contribution in [3.8, 4) is 0 Å². The maximum absolute atomic E-state index is 12.3. The first kappa shape index (κ1) is 14.0. The van der Waals surface area contributed by atoms with Gasteiger partial charge in [0.2, 0.25) is 0 Å². The van der Waals surface area contributed by atoms with E-state index in [4.69, 9.17) is 0 Å². The molecule has 0 aliphatic carbocycles. The van der Waals surface area contributed by atoms with Crippen LogP contribution in [0, 0.1) is 10.1 Å². The number of rotatable bonds is 2. The highest BCUT2D eigenvalue weighted by molar-refractivity contribution is 9.10. The number of hydrogen-bond donors (Lipinski definition) is 1. The van der Waals surface area contributed by atoms with Crippen LogP contribution in [0.15, 0.2) is 22.7 Å². The second-order valence-corrected chi connectivity index (χ2v) is 5.32. The summed E-state index contributed by atoms with van der Waals surface area (Å²) in [4.78, 5) is 24.0. The summed E-state index contributed by atoms with van der Waals surface area (Å²) < 4.78 is 0.517. The van der Waals surface area contributed by atoms with Crippen molar-refractivity contribution in [2.75, 3.05) is 13.1 Å². The molecule has 1 atom stereocenters. The van der Waals surface area contributed by atoms with Crippen molar-refractivity contribution in [2.45, 2.75) is 18.9 Å². The number of hydrogen-bond acceptors (Lipinski definition) is 4. The number of β-amino-alcohol motifs (C(OH)–C–C–N with tert-alkyl or cyclic N) is 1. The molecule has 1 N–H and O–H groups in total. The van der Waals surface area contributed by atoms with Crippen LogP contribution in [0.5, 0.6) is 0 Å². The average Bonchev–Trinajstić information content (AvgIpc) is 2.38. The number of aliphatic hydroxyl groups is 1. The minimum absolute atomic E-state index is 0.121. The Morgan fingerprint density at radius 2 is 2.26 bits per heavy atom. The Bertz CT molecular complexity index is 520. The second kappa shape index (κ2) is 5.66. The van der Waals surface area contributed by atoms with Gasteiger partial charge in [-0.1, -0.05) is 0 Å². The van der Waals surface area contributed by atoms with Crippen LogP contribution in [0.4, 0.5) is 5.69 Å². The van der Waals surface area contributed by atoms with E-state index in [1.807, 2.05) is 0 Å². The van der Waals surface area contributed by atoms with Gasteiger partial charge in [0.25, 0.3) is 11.6 Å². The van der Waals surface area contributed by atoms with Gasteiger partial charge in [0.15, 0.2) is 0 Å². The molecule has 0 bridgehead atoms. The summed E-state index contributed by atoms with van der Waals surface area (Å²) in [5, 5.41) is 20.3. The first-order chi connectivity index (χ1) is 8.99. The third-order valence-electron chi connectivity index (χ3n) is 3.07. The van der Waals surface area contributed by atoms with E-state index in [0.717, 1.165) is 6.42 Å². The van der Waals surface area contributed by atoms with Crippen molar-refractivity contribution in [1.29, 1.82) is 0 Å². The Morgan fingerprint density at radius 1 is 1.53 bits per heavy atom. The molecule has 0 saturated carbocycles. The van der Waals surface area contributed by atoms with Crippen LogP contribution in [-0.2, 0) is 0 Å². The van der Waals surface area contributed by atoms with Gasteiger partial charge in [-0.3, -0.25) is 14.9 Å². The largest absolute Gasteiger partial charge is 0.391 e. The maximum atomic E-state index is 12.3. The molecule has 1 aromatic carbocycles. The van der Waals surface area contributed by atoms with Gasteiger partial charge in [0, 0.05) is 29.7 Å². The summed E-state index contributed by atoms with van der Waals surface area (Å²) in [5.41, 5.74) is 0.132. The van der Waals surface area contributed by atoms with Gasteiger partial charge in [-0.2, -0.15) is 0 Å². The number of carbonyl (C=O) groups excluding carboxylic acids is 1. The van der Waals surface area contributed by atoms with Gasteiger partial charge in [-0.15, -0.1) is 0 Å². The van der Waals surface area contributed by atoms with Crippen molar-refractivity contribution in [2.24, 2.45) is 0 Å². The number of likely N-dealkylation sites (tertiary alicyclic amines) is 1. The van der Waals surface area contributed by atoms with Crippen LogP contribution in [0.3, 0.4) is 0 Å². The lowest BCUT2D eigenvalue weighted by atomic mass is 10.1. The predicted molar refractivity (Wildman–Crippen MR) is 71.9 cm³/mol. The van der Waals surface area contributed by atoms with Gasteiger partial charge in [0.1, 0.15) is 0 Å². The summed E-state index contributed by atoms with van der Waals surface area (Å²) in [6, 6.07) is 4.09. The standard InChI is InChI=1S/C12H13BrN2O4/c13-11-4-3-8(15(18)19)6-10(11)12(17)14-5-1-2-9(16)7-14/h3-4,6,9,16H,1-2,5,7H2/t9-/m0/s1. The van der Waals surface area contributed by atoms with Gasteiger partial charge < -0.3 is 10.0 Å². The van der Waals surface area contributed by atoms with Crippen LogP contribution < -0.4 is 0 Å². The number of benzene rings is 1. The fraction of sp³-hybridized carbons (Fsp3) is 0.417. The van der Waals surface area contributed by atoms with Crippen molar-refractivity contribution >= 4 is 27.5 Å². The number of aliphatic hydroxyl groups excluding tert-OH is 1. The Hall–Kier alpha value is -1.47. The summed E-state index contributed by atoms with van der Waals surface area (Å²) in [6.07, 6.45) is 0.898. The Kier molecular flexibility index (Phi) is 4.16. The first-order valence-electron chi connectivity index (χ1n) is 5.90. The van der Waals surface area contributed by atoms with Gasteiger partial charge in [-0.25, -0.2) is 0 Å². The first-order valence-corrected chi connectivity index (χ1v) is 6.69. The molecule has 0 unspecified atom stereocenters. The van der Waals surface area contributed by atoms with Crippen molar-refractivity contribution < 1.29 is 14.8 Å². The zero-order chi connectivity index (χ0) is 14.0. The highest BCUT2D eigenvalue weighted by atomic mass is 79.9. The number of non-ortho nitro benzene ring substituents is 1. The van der Waals surface area contributed by atoms with Gasteiger partial charge in [0.05, 0.1) is 16.6 Å². The highest BCUT2D eigenvalue weighted by Gasteiger charge is 2.25. The number of halogens is 1. The van der Waals surface area contributed by atoms with E-state index in [0.29, 0.717) is 17.4 Å². The van der Waals surface area contributed by atoms with E-state index >= 15 is 0 Å². The van der Waals surface area contributed by atoms with E-state index < -0.39 is 11.0 Å². The molecule has 2 rings (SSSR count). The number of nitro benzene ring substituents is 1. The maximum Gasteiger partial charge on any atom is 0.270 e. The van der Waals surface area contributed by atoms with Crippen LogP contribution >= 0.6 is 15.9 Å². The lowest BCUT2D eigenvalue weighted by molar-refractivity contribution is -0.384. The highest BCUT2D eigenvalue weighted by Crippen LogP contribution is 2.25. The molecule has 1 fully saturated rings. The topological polar surface area (TPSA) is 83.7 Å². The lowest BCUT2D eigenvalue weighted by Crippen LogP contribution is -2.42. The molecule has 0 radical (unpaired) electrons. The molecule has 7 heteroatoms. The smallest absolute Gasteiger partial charge is 0.270 e. The van der Waals surface area contributed by atoms with E-state index in [1.54, 1.807) is 0 Å². The Morgan fingerprint density at radius 3 is 2.89 bits per heavy atom. The van der Waals surface area contributed by atoms with E-state index in [2.05, 4.69) is 15.9 Å². The summed E-state index contributed by atoms with van der Waals surface area (Å²) in [6.45, 7) is 0.832. The minimum Gasteiger partial charge on any atom is -0.391 e. The molecular weight excluding hydrogens is 316 g/mol.